The molecule has 0 atom stereocenters. The van der Waals surface area contributed by atoms with Gasteiger partial charge in [0.1, 0.15) is 12.4 Å². The van der Waals surface area contributed by atoms with Gasteiger partial charge >= 0.3 is 0 Å². The van der Waals surface area contributed by atoms with Gasteiger partial charge in [0, 0.05) is 13.1 Å². The second kappa shape index (κ2) is 11.0. The summed E-state index contributed by atoms with van der Waals surface area (Å²) in [6.45, 7) is 12.4. The van der Waals surface area contributed by atoms with Crippen LogP contribution in [0.25, 0.3) is 0 Å². The molecule has 0 unspecified atom stereocenters. The minimum absolute atomic E-state index is 0.335. The Morgan fingerprint density at radius 2 is 1.75 bits per heavy atom. The van der Waals surface area contributed by atoms with E-state index in [0.29, 0.717) is 23.4 Å². The molecule has 136 valence electrons. The predicted molar refractivity (Wildman–Crippen MR) is 107 cm³/mol. The molecule has 7 heteroatoms. The van der Waals surface area contributed by atoms with Crippen molar-refractivity contribution in [3.05, 3.63) is 28.8 Å². The molecular formula is C17H28N2O3S2. The number of aryl methyl sites for hydroxylation is 1. The summed E-state index contributed by atoms with van der Waals surface area (Å²) in [5.74, 6) is 0.672. The predicted octanol–water partition coefficient (Wildman–Crippen LogP) is 3.76. The Hall–Kier alpha value is -1.60. The van der Waals surface area contributed by atoms with Crippen LogP contribution >= 0.6 is 24.4 Å². The number of phenolic OH excluding ortho intramolecular Hbond substituents is 1. The molecule has 1 rings (SSSR count). The van der Waals surface area contributed by atoms with Crippen molar-refractivity contribution in [1.82, 2.24) is 4.90 Å². The number of benzene rings is 1. The molecule has 0 aliphatic rings. The molecular weight excluding hydrogens is 344 g/mol. The topological polar surface area (TPSA) is 79.0 Å². The quantitative estimate of drug-likeness (QED) is 0.679. The monoisotopic (exact) mass is 372 g/mol. The molecule has 0 aliphatic heterocycles. The summed E-state index contributed by atoms with van der Waals surface area (Å²) < 4.78 is 5.73. The van der Waals surface area contributed by atoms with Gasteiger partial charge in [0.05, 0.1) is 0 Å². The van der Waals surface area contributed by atoms with Crippen LogP contribution in [0.3, 0.4) is 0 Å². The van der Waals surface area contributed by atoms with Crippen molar-refractivity contribution in [1.29, 1.82) is 0 Å². The van der Waals surface area contributed by atoms with Gasteiger partial charge in [-0.15, -0.1) is 0 Å². The zero-order valence-corrected chi connectivity index (χ0v) is 16.6. The van der Waals surface area contributed by atoms with Gasteiger partial charge in [-0.2, -0.15) is 0 Å². The highest BCUT2D eigenvalue weighted by molar-refractivity contribution is 7.80. The van der Waals surface area contributed by atoms with E-state index in [-0.39, 0.29) is 0 Å². The summed E-state index contributed by atoms with van der Waals surface area (Å²) in [5, 5.41) is 17.4. The first-order chi connectivity index (χ1) is 11.1. The van der Waals surface area contributed by atoms with Gasteiger partial charge in [0.2, 0.25) is 0 Å². The second-order valence-corrected chi connectivity index (χ2v) is 6.32. The largest absolute Gasteiger partial charge is 0.508 e. The van der Waals surface area contributed by atoms with Crippen molar-refractivity contribution in [3.8, 4) is 5.75 Å². The number of hydrogen-bond acceptors (Lipinski definition) is 4. The lowest BCUT2D eigenvalue weighted by atomic mass is 9.95. The van der Waals surface area contributed by atoms with E-state index in [1.54, 1.807) is 0 Å². The number of rotatable bonds is 5. The third kappa shape index (κ3) is 7.79. The molecule has 0 bridgehead atoms. The Labute approximate surface area is 155 Å². The minimum Gasteiger partial charge on any atom is -0.508 e. The normalized spacial score (nSPS) is 9.92. The summed E-state index contributed by atoms with van der Waals surface area (Å²) in [7, 11) is 0. The lowest BCUT2D eigenvalue weighted by molar-refractivity contribution is 0.237. The highest BCUT2D eigenvalue weighted by atomic mass is 32.1. The maximum Gasteiger partial charge on any atom is 0.259 e. The SMILES string of the molecule is CCN(CC)C(=S)OCc1cc(C)c(O)cc1C(C)C.NC(O)=S. The molecule has 1 aromatic rings. The summed E-state index contributed by atoms with van der Waals surface area (Å²) in [5.41, 5.74) is 7.46. The molecule has 0 saturated heterocycles. The van der Waals surface area contributed by atoms with Crippen LogP contribution in [0.5, 0.6) is 5.75 Å². The van der Waals surface area contributed by atoms with Crippen LogP contribution < -0.4 is 5.73 Å². The maximum atomic E-state index is 9.84. The summed E-state index contributed by atoms with van der Waals surface area (Å²) >= 11 is 9.17. The number of aromatic hydroxyl groups is 1. The van der Waals surface area contributed by atoms with Gasteiger partial charge < -0.3 is 25.6 Å². The first kappa shape index (κ1) is 22.4. The molecule has 0 saturated carbocycles. The van der Waals surface area contributed by atoms with Crippen molar-refractivity contribution < 1.29 is 14.9 Å². The molecule has 1 aromatic carbocycles. The number of aliphatic hydroxyl groups is 1. The molecule has 0 aliphatic carbocycles. The first-order valence-electron chi connectivity index (χ1n) is 7.86. The highest BCUT2D eigenvalue weighted by Crippen LogP contribution is 2.28. The van der Waals surface area contributed by atoms with Gasteiger partial charge in [0.25, 0.3) is 10.3 Å². The summed E-state index contributed by atoms with van der Waals surface area (Å²) in [6.07, 6.45) is 0. The fourth-order valence-electron chi connectivity index (χ4n) is 2.15. The Balaban J connectivity index is 0.00000118. The van der Waals surface area contributed by atoms with Crippen molar-refractivity contribution in [2.75, 3.05) is 13.1 Å². The van der Waals surface area contributed by atoms with Gasteiger partial charge in [0.15, 0.2) is 0 Å². The third-order valence-electron chi connectivity index (χ3n) is 3.45. The van der Waals surface area contributed by atoms with E-state index in [2.05, 4.69) is 45.6 Å². The van der Waals surface area contributed by atoms with Crippen LogP contribution in [-0.4, -0.2) is 38.6 Å². The van der Waals surface area contributed by atoms with Gasteiger partial charge in [-0.05, 0) is 79.9 Å². The van der Waals surface area contributed by atoms with E-state index in [9.17, 15) is 5.11 Å². The van der Waals surface area contributed by atoms with E-state index in [1.165, 1.54) is 0 Å². The molecule has 0 spiro atoms. The number of hydrogen-bond donors (Lipinski definition) is 3. The molecule has 0 aromatic heterocycles. The smallest absolute Gasteiger partial charge is 0.259 e. The van der Waals surface area contributed by atoms with Crippen molar-refractivity contribution in [2.24, 2.45) is 5.73 Å². The fraction of sp³-hybridized carbons (Fsp3) is 0.529. The lowest BCUT2D eigenvalue weighted by Crippen LogP contribution is -2.30. The van der Waals surface area contributed by atoms with E-state index in [4.69, 9.17) is 22.1 Å². The van der Waals surface area contributed by atoms with E-state index in [1.807, 2.05) is 24.0 Å². The Morgan fingerprint density at radius 1 is 1.25 bits per heavy atom. The number of aliphatic hydroxyl groups excluding tert-OH is 1. The molecule has 0 radical (unpaired) electrons. The van der Waals surface area contributed by atoms with Crippen LogP contribution in [-0.2, 0) is 11.3 Å². The number of nitrogens with two attached hydrogens (primary N) is 1. The molecule has 0 fully saturated rings. The average Bonchev–Trinajstić information content (AvgIpc) is 2.48. The van der Waals surface area contributed by atoms with Gasteiger partial charge in [-0.25, -0.2) is 0 Å². The zero-order valence-electron chi connectivity index (χ0n) is 15.0. The van der Waals surface area contributed by atoms with Crippen molar-refractivity contribution in [3.63, 3.8) is 0 Å². The average molecular weight is 373 g/mol. The molecule has 0 heterocycles. The van der Waals surface area contributed by atoms with Crippen molar-refractivity contribution >= 4 is 34.8 Å². The van der Waals surface area contributed by atoms with Gasteiger partial charge in [-0.3, -0.25) is 0 Å². The molecule has 4 N–H and O–H groups in total. The lowest BCUT2D eigenvalue weighted by Gasteiger charge is -2.22. The standard InChI is InChI=1S/C16H25NO2S.CH3NOS/c1-6-17(7-2)16(20)19-10-13-8-12(5)15(18)9-14(13)11(3)4;2-1(3)4/h8-9,11,18H,6-7,10H2,1-5H3;(H3,2,3,4). The molecule has 5 nitrogen and oxygen atoms in total. The summed E-state index contributed by atoms with van der Waals surface area (Å²) in [6, 6.07) is 3.81. The van der Waals surface area contributed by atoms with Crippen LogP contribution in [0.4, 0.5) is 0 Å². The molecule has 0 amide bonds. The minimum atomic E-state index is -0.500. The summed E-state index contributed by atoms with van der Waals surface area (Å²) in [4.78, 5) is 2.01. The Bertz CT molecular complexity index is 555. The molecule has 24 heavy (non-hydrogen) atoms. The van der Waals surface area contributed by atoms with E-state index in [0.717, 1.165) is 29.8 Å². The Kier molecular flexibility index (Phi) is 10.3. The number of thiocarbonyl (C=S) groups is 2. The highest BCUT2D eigenvalue weighted by Gasteiger charge is 2.13. The van der Waals surface area contributed by atoms with E-state index >= 15 is 0 Å². The van der Waals surface area contributed by atoms with Crippen LogP contribution in [0.15, 0.2) is 12.1 Å². The van der Waals surface area contributed by atoms with Crippen LogP contribution in [0.1, 0.15) is 50.3 Å². The zero-order chi connectivity index (χ0) is 18.9. The first-order valence-corrected chi connectivity index (χ1v) is 8.68. The number of ether oxygens (including phenoxy) is 1. The van der Waals surface area contributed by atoms with E-state index < -0.39 is 5.17 Å². The fourth-order valence-corrected chi connectivity index (χ4v) is 2.46. The van der Waals surface area contributed by atoms with Gasteiger partial charge in [-0.1, -0.05) is 13.8 Å². The third-order valence-corrected chi connectivity index (χ3v) is 3.83. The number of phenols is 1. The van der Waals surface area contributed by atoms with Crippen LogP contribution in [0, 0.1) is 6.92 Å². The maximum absolute atomic E-state index is 9.84. The number of nitrogens with zero attached hydrogens (tertiary/aromatic N) is 1. The van der Waals surface area contributed by atoms with Crippen LogP contribution in [0.2, 0.25) is 0 Å². The Morgan fingerprint density at radius 3 is 2.17 bits per heavy atom. The van der Waals surface area contributed by atoms with Crippen molar-refractivity contribution in [2.45, 2.75) is 47.1 Å². The second-order valence-electron chi connectivity index (χ2n) is 5.56.